The highest BCUT2D eigenvalue weighted by Gasteiger charge is 2.33. The van der Waals surface area contributed by atoms with Gasteiger partial charge in [-0.05, 0) is 41.8 Å². The van der Waals surface area contributed by atoms with E-state index in [1.807, 2.05) is 36.4 Å². The summed E-state index contributed by atoms with van der Waals surface area (Å²) in [4.78, 5) is 26.3. The van der Waals surface area contributed by atoms with Crippen LogP contribution in [0.4, 0.5) is 0 Å². The molecule has 1 aliphatic heterocycles. The molecule has 0 aromatic heterocycles. The molecule has 0 aliphatic carbocycles. The number of benzene rings is 2. The molecule has 4 nitrogen and oxygen atoms in total. The fraction of sp³-hybridized carbons (Fsp3) is 0.300. The van der Waals surface area contributed by atoms with Crippen molar-refractivity contribution < 1.29 is 9.59 Å². The van der Waals surface area contributed by atoms with Crippen molar-refractivity contribution in [1.82, 2.24) is 10.2 Å². The van der Waals surface area contributed by atoms with Gasteiger partial charge in [0.1, 0.15) is 0 Å². The Kier molecular flexibility index (Phi) is 6.17. The highest BCUT2D eigenvalue weighted by atomic mass is 35.5. The van der Waals surface area contributed by atoms with Crippen molar-refractivity contribution >= 4 is 35.0 Å². The van der Waals surface area contributed by atoms with Crippen LogP contribution < -0.4 is 5.32 Å². The number of halogens is 2. The molecule has 0 bridgehead atoms. The van der Waals surface area contributed by atoms with E-state index in [0.29, 0.717) is 29.7 Å². The summed E-state index contributed by atoms with van der Waals surface area (Å²) >= 11 is 11.7. The molecule has 1 atom stereocenters. The van der Waals surface area contributed by atoms with Crippen molar-refractivity contribution in [3.8, 4) is 0 Å². The Balaban J connectivity index is 1.47. The molecule has 2 aromatic rings. The van der Waals surface area contributed by atoms with Gasteiger partial charge in [-0.3, -0.25) is 9.59 Å². The number of hydrogen-bond acceptors (Lipinski definition) is 2. The van der Waals surface area contributed by atoms with Gasteiger partial charge in [-0.25, -0.2) is 0 Å². The first kappa shape index (κ1) is 18.7. The third-order valence-electron chi connectivity index (χ3n) is 4.55. The third kappa shape index (κ3) is 4.99. The standard InChI is InChI=1S/C20H20Cl2N2O2/c21-17-5-1-14(2-6-17)9-10-24-13-16(11-19(24)25)20(26)23-12-15-3-7-18(22)8-4-15/h1-8,16H,9-13H2,(H,23,26). The largest absolute Gasteiger partial charge is 0.352 e. The first-order chi connectivity index (χ1) is 12.5. The van der Waals surface area contributed by atoms with Gasteiger partial charge in [0, 0.05) is 36.1 Å². The normalized spacial score (nSPS) is 16.8. The number of amides is 2. The summed E-state index contributed by atoms with van der Waals surface area (Å²) in [5, 5.41) is 4.27. The molecule has 1 unspecified atom stereocenters. The maximum atomic E-state index is 12.4. The molecular weight excluding hydrogens is 371 g/mol. The lowest BCUT2D eigenvalue weighted by Crippen LogP contribution is -2.33. The zero-order valence-corrected chi connectivity index (χ0v) is 15.8. The molecule has 1 aliphatic rings. The molecule has 1 saturated heterocycles. The molecule has 1 N–H and O–H groups in total. The minimum Gasteiger partial charge on any atom is -0.352 e. The topological polar surface area (TPSA) is 49.4 Å². The van der Waals surface area contributed by atoms with Crippen LogP contribution in [0.25, 0.3) is 0 Å². The average Bonchev–Trinajstić information content (AvgIpc) is 3.01. The van der Waals surface area contributed by atoms with Gasteiger partial charge in [-0.2, -0.15) is 0 Å². The predicted molar refractivity (Wildman–Crippen MR) is 103 cm³/mol. The van der Waals surface area contributed by atoms with Crippen LogP contribution in [0.1, 0.15) is 17.5 Å². The number of hydrogen-bond donors (Lipinski definition) is 1. The fourth-order valence-electron chi connectivity index (χ4n) is 3.01. The lowest BCUT2D eigenvalue weighted by Gasteiger charge is -2.16. The number of nitrogens with zero attached hydrogens (tertiary/aromatic N) is 1. The third-order valence-corrected chi connectivity index (χ3v) is 5.05. The van der Waals surface area contributed by atoms with Crippen LogP contribution in [0.3, 0.4) is 0 Å². The quantitative estimate of drug-likeness (QED) is 0.817. The summed E-state index contributed by atoms with van der Waals surface area (Å²) in [6.45, 7) is 1.52. The van der Waals surface area contributed by atoms with Crippen LogP contribution in [-0.2, 0) is 22.6 Å². The van der Waals surface area contributed by atoms with E-state index in [9.17, 15) is 9.59 Å². The van der Waals surface area contributed by atoms with E-state index in [2.05, 4.69) is 5.32 Å². The molecule has 1 heterocycles. The van der Waals surface area contributed by atoms with Gasteiger partial charge in [-0.1, -0.05) is 47.5 Å². The molecule has 6 heteroatoms. The summed E-state index contributed by atoms with van der Waals surface area (Å²) in [6, 6.07) is 14.9. The molecule has 3 rings (SSSR count). The monoisotopic (exact) mass is 390 g/mol. The zero-order chi connectivity index (χ0) is 18.5. The van der Waals surface area contributed by atoms with Crippen LogP contribution in [-0.4, -0.2) is 29.8 Å². The van der Waals surface area contributed by atoms with E-state index in [4.69, 9.17) is 23.2 Å². The average molecular weight is 391 g/mol. The Morgan fingerprint density at radius 1 is 1.00 bits per heavy atom. The van der Waals surface area contributed by atoms with E-state index in [0.717, 1.165) is 17.5 Å². The Bertz CT molecular complexity index is 775. The van der Waals surface area contributed by atoms with E-state index in [1.165, 1.54) is 0 Å². The smallest absolute Gasteiger partial charge is 0.225 e. The number of rotatable bonds is 6. The number of carbonyl (C=O) groups excluding carboxylic acids is 2. The summed E-state index contributed by atoms with van der Waals surface area (Å²) in [5.41, 5.74) is 2.10. The molecule has 0 saturated carbocycles. The fourth-order valence-corrected chi connectivity index (χ4v) is 3.27. The van der Waals surface area contributed by atoms with E-state index in [-0.39, 0.29) is 24.2 Å². The predicted octanol–water partition coefficient (Wildman–Crippen LogP) is 3.70. The van der Waals surface area contributed by atoms with Crippen LogP contribution in [0.5, 0.6) is 0 Å². The summed E-state index contributed by atoms with van der Waals surface area (Å²) in [6.07, 6.45) is 1.02. The molecule has 136 valence electrons. The zero-order valence-electron chi connectivity index (χ0n) is 14.3. The van der Waals surface area contributed by atoms with E-state index in [1.54, 1.807) is 17.0 Å². The van der Waals surface area contributed by atoms with Crippen LogP contribution in [0, 0.1) is 5.92 Å². The molecule has 2 aromatic carbocycles. The Labute approximate surface area is 163 Å². The maximum Gasteiger partial charge on any atom is 0.225 e. The minimum absolute atomic E-state index is 0.0330. The highest BCUT2D eigenvalue weighted by molar-refractivity contribution is 6.30. The SMILES string of the molecule is O=C(NCc1ccc(Cl)cc1)C1CC(=O)N(CCc2ccc(Cl)cc2)C1. The molecular formula is C20H20Cl2N2O2. The molecule has 1 fully saturated rings. The van der Waals surface area contributed by atoms with Gasteiger partial charge < -0.3 is 10.2 Å². The molecule has 0 radical (unpaired) electrons. The van der Waals surface area contributed by atoms with Gasteiger partial charge in [0.05, 0.1) is 5.92 Å². The van der Waals surface area contributed by atoms with Gasteiger partial charge in [0.15, 0.2) is 0 Å². The van der Waals surface area contributed by atoms with Crippen molar-refractivity contribution in [2.45, 2.75) is 19.4 Å². The van der Waals surface area contributed by atoms with Crippen LogP contribution in [0.2, 0.25) is 10.0 Å². The van der Waals surface area contributed by atoms with Crippen molar-refractivity contribution in [2.75, 3.05) is 13.1 Å². The Morgan fingerprint density at radius 3 is 2.19 bits per heavy atom. The highest BCUT2D eigenvalue weighted by Crippen LogP contribution is 2.19. The van der Waals surface area contributed by atoms with Crippen LogP contribution >= 0.6 is 23.2 Å². The van der Waals surface area contributed by atoms with Crippen molar-refractivity contribution in [3.63, 3.8) is 0 Å². The summed E-state index contributed by atoms with van der Waals surface area (Å²) < 4.78 is 0. The first-order valence-electron chi connectivity index (χ1n) is 8.55. The second-order valence-electron chi connectivity index (χ2n) is 6.46. The minimum atomic E-state index is -0.292. The number of nitrogens with one attached hydrogen (secondary N) is 1. The van der Waals surface area contributed by atoms with E-state index < -0.39 is 0 Å². The van der Waals surface area contributed by atoms with Gasteiger partial charge in [0.25, 0.3) is 0 Å². The number of carbonyl (C=O) groups is 2. The molecule has 26 heavy (non-hydrogen) atoms. The van der Waals surface area contributed by atoms with Crippen molar-refractivity contribution in [3.05, 3.63) is 69.7 Å². The van der Waals surface area contributed by atoms with Gasteiger partial charge in [-0.15, -0.1) is 0 Å². The molecule has 2 amide bonds. The second-order valence-corrected chi connectivity index (χ2v) is 7.33. The van der Waals surface area contributed by atoms with Gasteiger partial charge in [0.2, 0.25) is 11.8 Å². The van der Waals surface area contributed by atoms with Crippen LogP contribution in [0.15, 0.2) is 48.5 Å². The summed E-state index contributed by atoms with van der Waals surface area (Å²) in [5.74, 6) is -0.340. The lowest BCUT2D eigenvalue weighted by atomic mass is 10.1. The lowest BCUT2D eigenvalue weighted by molar-refractivity contribution is -0.129. The van der Waals surface area contributed by atoms with Crippen molar-refractivity contribution in [1.29, 1.82) is 0 Å². The maximum absolute atomic E-state index is 12.4. The van der Waals surface area contributed by atoms with Gasteiger partial charge >= 0.3 is 0 Å². The summed E-state index contributed by atoms with van der Waals surface area (Å²) in [7, 11) is 0. The first-order valence-corrected chi connectivity index (χ1v) is 9.31. The van der Waals surface area contributed by atoms with E-state index >= 15 is 0 Å². The Morgan fingerprint density at radius 2 is 1.58 bits per heavy atom. The second kappa shape index (κ2) is 8.56. The Hall–Kier alpha value is -2.04. The number of likely N-dealkylation sites (tertiary alicyclic amines) is 1. The molecule has 0 spiro atoms. The van der Waals surface area contributed by atoms with Crippen molar-refractivity contribution in [2.24, 2.45) is 5.92 Å².